The second-order valence-corrected chi connectivity index (χ2v) is 2.06. The van der Waals surface area contributed by atoms with Gasteiger partial charge in [0.15, 0.2) is 0 Å². The Bertz CT molecular complexity index is 107. The van der Waals surface area contributed by atoms with Crippen molar-refractivity contribution in [2.45, 2.75) is 26.7 Å². The van der Waals surface area contributed by atoms with E-state index in [2.05, 4.69) is 19.6 Å². The summed E-state index contributed by atoms with van der Waals surface area (Å²) in [6, 6.07) is 0. The average molecular weight is 205 g/mol. The SMILES string of the molecule is CCCOOC(=O)OOCCC.[MgH2]. The summed E-state index contributed by atoms with van der Waals surface area (Å²) in [6.45, 7) is 4.48. The lowest BCUT2D eigenvalue weighted by Gasteiger charge is -2.01. The van der Waals surface area contributed by atoms with Gasteiger partial charge in [-0.2, -0.15) is 14.6 Å². The molecule has 0 aliphatic rings. The van der Waals surface area contributed by atoms with Gasteiger partial charge in [0.1, 0.15) is 0 Å². The topological polar surface area (TPSA) is 54.0 Å². The molecule has 0 bridgehead atoms. The van der Waals surface area contributed by atoms with Gasteiger partial charge in [0.2, 0.25) is 0 Å². The van der Waals surface area contributed by atoms with E-state index in [0.29, 0.717) is 13.2 Å². The van der Waals surface area contributed by atoms with Gasteiger partial charge in [-0.05, 0) is 12.8 Å². The van der Waals surface area contributed by atoms with Crippen molar-refractivity contribution in [3.63, 3.8) is 0 Å². The molecule has 0 unspecified atom stereocenters. The third kappa shape index (κ3) is 12.0. The Hall–Kier alpha value is -0.0438. The maximum atomic E-state index is 10.5. The Balaban J connectivity index is 0. The molecular formula is C7H16MgO5. The van der Waals surface area contributed by atoms with Gasteiger partial charge in [-0.15, -0.1) is 0 Å². The smallest absolute Gasteiger partial charge is 0.257 e. The first kappa shape index (κ1) is 15.4. The highest BCUT2D eigenvalue weighted by Gasteiger charge is 2.04. The molecule has 13 heavy (non-hydrogen) atoms. The second kappa shape index (κ2) is 12.0. The lowest BCUT2D eigenvalue weighted by molar-refractivity contribution is -0.319. The average Bonchev–Trinajstić information content (AvgIpc) is 2.06. The summed E-state index contributed by atoms with van der Waals surface area (Å²) in [5.74, 6) is 0. The third-order valence-corrected chi connectivity index (χ3v) is 0.829. The van der Waals surface area contributed by atoms with Crippen LogP contribution in [-0.2, 0) is 19.6 Å². The van der Waals surface area contributed by atoms with E-state index in [1.807, 2.05) is 13.8 Å². The molecule has 76 valence electrons. The largest absolute Gasteiger partial charge is 0.573 e. The molecule has 0 saturated heterocycles. The number of carbonyl (C=O) groups excluding carboxylic acids is 1. The summed E-state index contributed by atoms with van der Waals surface area (Å²) >= 11 is 0. The normalized spacial score (nSPS) is 8.77. The molecule has 0 N–H and O–H groups in total. The van der Waals surface area contributed by atoms with Crippen LogP contribution in [0.25, 0.3) is 0 Å². The van der Waals surface area contributed by atoms with Crippen LogP contribution in [0.4, 0.5) is 4.79 Å². The van der Waals surface area contributed by atoms with Gasteiger partial charge in [-0.3, -0.25) is 9.78 Å². The monoisotopic (exact) mass is 204 g/mol. The van der Waals surface area contributed by atoms with Gasteiger partial charge in [-0.25, -0.2) is 0 Å². The van der Waals surface area contributed by atoms with Crippen LogP contribution in [0.15, 0.2) is 0 Å². The number of hydrogen-bond donors (Lipinski definition) is 0. The molecule has 0 aliphatic carbocycles. The highest BCUT2D eigenvalue weighted by Crippen LogP contribution is 1.90. The van der Waals surface area contributed by atoms with E-state index < -0.39 is 6.16 Å². The summed E-state index contributed by atoms with van der Waals surface area (Å²) in [5, 5.41) is 0. The first-order chi connectivity index (χ1) is 5.81. The Morgan fingerprint density at radius 2 is 1.38 bits per heavy atom. The molecule has 0 saturated carbocycles. The van der Waals surface area contributed by atoms with Crippen molar-refractivity contribution >= 4 is 29.2 Å². The van der Waals surface area contributed by atoms with Crippen LogP contribution in [0.1, 0.15) is 26.7 Å². The van der Waals surface area contributed by atoms with Gasteiger partial charge in [-0.1, -0.05) is 13.8 Å². The lowest BCUT2D eigenvalue weighted by Crippen LogP contribution is -2.09. The molecule has 0 radical (unpaired) electrons. The number of hydrogen-bond acceptors (Lipinski definition) is 5. The maximum Gasteiger partial charge on any atom is 0.573 e. The highest BCUT2D eigenvalue weighted by atomic mass is 24.3. The predicted molar refractivity (Wildman–Crippen MR) is 48.6 cm³/mol. The third-order valence-electron chi connectivity index (χ3n) is 0.829. The fourth-order valence-corrected chi connectivity index (χ4v) is 0.360. The van der Waals surface area contributed by atoms with Crippen LogP contribution >= 0.6 is 0 Å². The molecule has 0 aromatic rings. The summed E-state index contributed by atoms with van der Waals surface area (Å²) in [6.07, 6.45) is 0.559. The Labute approximate surface area is 93.7 Å². The van der Waals surface area contributed by atoms with Crippen LogP contribution in [0.3, 0.4) is 0 Å². The van der Waals surface area contributed by atoms with E-state index in [9.17, 15) is 4.79 Å². The van der Waals surface area contributed by atoms with E-state index in [4.69, 9.17) is 0 Å². The molecular weight excluding hydrogens is 188 g/mol. The molecule has 0 atom stereocenters. The van der Waals surface area contributed by atoms with Crippen molar-refractivity contribution in [3.8, 4) is 0 Å². The molecule has 0 rings (SSSR count). The molecule has 0 aromatic heterocycles. The Morgan fingerprint density at radius 1 is 1.00 bits per heavy atom. The fraction of sp³-hybridized carbons (Fsp3) is 0.857. The summed E-state index contributed by atoms with van der Waals surface area (Å²) in [7, 11) is 0. The summed E-state index contributed by atoms with van der Waals surface area (Å²) in [4.78, 5) is 27.6. The van der Waals surface area contributed by atoms with Crippen molar-refractivity contribution < 1.29 is 24.3 Å². The molecule has 0 spiro atoms. The predicted octanol–water partition coefficient (Wildman–Crippen LogP) is 0.907. The zero-order chi connectivity index (χ0) is 9.23. The molecule has 0 aliphatic heterocycles. The fourth-order valence-electron chi connectivity index (χ4n) is 0.360. The second-order valence-electron chi connectivity index (χ2n) is 2.06. The van der Waals surface area contributed by atoms with Crippen molar-refractivity contribution in [1.29, 1.82) is 0 Å². The molecule has 0 aromatic carbocycles. The van der Waals surface area contributed by atoms with E-state index in [1.54, 1.807) is 0 Å². The van der Waals surface area contributed by atoms with E-state index in [0.717, 1.165) is 12.8 Å². The van der Waals surface area contributed by atoms with Crippen molar-refractivity contribution in [2.75, 3.05) is 13.2 Å². The molecule has 6 heteroatoms. The van der Waals surface area contributed by atoms with Gasteiger partial charge in [0.05, 0.1) is 13.2 Å². The molecule has 0 heterocycles. The van der Waals surface area contributed by atoms with Crippen molar-refractivity contribution in [1.82, 2.24) is 0 Å². The van der Waals surface area contributed by atoms with Crippen molar-refractivity contribution in [2.24, 2.45) is 0 Å². The highest BCUT2D eigenvalue weighted by molar-refractivity contribution is 5.75. The minimum absolute atomic E-state index is 0. The van der Waals surface area contributed by atoms with Crippen LogP contribution in [0, 0.1) is 0 Å². The van der Waals surface area contributed by atoms with Crippen molar-refractivity contribution in [3.05, 3.63) is 0 Å². The Morgan fingerprint density at radius 3 is 1.69 bits per heavy atom. The zero-order valence-corrected chi connectivity index (χ0v) is 7.37. The standard InChI is InChI=1S/C7H14O5.Mg.2H/c1-3-5-9-11-7(8)12-10-6-4-2;;;/h3-6H2,1-2H3;;;. The summed E-state index contributed by atoms with van der Waals surface area (Å²) < 4.78 is 0. The molecule has 0 fully saturated rings. The molecule has 0 amide bonds. The summed E-state index contributed by atoms with van der Waals surface area (Å²) in [5.41, 5.74) is 0. The van der Waals surface area contributed by atoms with Crippen LogP contribution in [0.2, 0.25) is 0 Å². The number of rotatable bonds is 6. The minimum atomic E-state index is -0.975. The van der Waals surface area contributed by atoms with Crippen LogP contribution < -0.4 is 0 Å². The Kier molecular flexibility index (Phi) is 14.2. The van der Waals surface area contributed by atoms with E-state index in [1.165, 1.54) is 0 Å². The van der Waals surface area contributed by atoms with Crippen LogP contribution in [-0.4, -0.2) is 42.4 Å². The van der Waals surface area contributed by atoms with Gasteiger partial charge in [0, 0.05) is 0 Å². The maximum absolute atomic E-state index is 10.5. The van der Waals surface area contributed by atoms with Crippen LogP contribution in [0.5, 0.6) is 0 Å². The first-order valence-electron chi connectivity index (χ1n) is 3.94. The first-order valence-corrected chi connectivity index (χ1v) is 3.94. The number of carbonyl (C=O) groups is 1. The van der Waals surface area contributed by atoms with Gasteiger partial charge in [0.25, 0.3) is 0 Å². The quantitative estimate of drug-likeness (QED) is 0.279. The van der Waals surface area contributed by atoms with E-state index in [-0.39, 0.29) is 23.1 Å². The van der Waals surface area contributed by atoms with Gasteiger partial charge >= 0.3 is 29.2 Å². The van der Waals surface area contributed by atoms with E-state index >= 15 is 0 Å². The lowest BCUT2D eigenvalue weighted by atomic mass is 10.5. The van der Waals surface area contributed by atoms with Gasteiger partial charge < -0.3 is 0 Å². The minimum Gasteiger partial charge on any atom is -0.257 e. The zero-order valence-electron chi connectivity index (χ0n) is 7.37. The molecule has 5 nitrogen and oxygen atoms in total.